The highest BCUT2D eigenvalue weighted by Crippen LogP contribution is 2.49. The Morgan fingerprint density at radius 2 is 2.12 bits per heavy atom. The summed E-state index contributed by atoms with van der Waals surface area (Å²) in [6.07, 6.45) is 0.532. The summed E-state index contributed by atoms with van der Waals surface area (Å²) in [5.74, 6) is -1.51. The van der Waals surface area contributed by atoms with Gasteiger partial charge in [-0.05, 0) is 25.7 Å². The average Bonchev–Trinajstić information content (AvgIpc) is 2.54. The van der Waals surface area contributed by atoms with Gasteiger partial charge in [-0.25, -0.2) is 4.79 Å². The molecule has 1 heterocycles. The molecular weight excluding hydrogens is 212 g/mol. The lowest BCUT2D eigenvalue weighted by Crippen LogP contribution is -2.49. The molecule has 2 aliphatic rings. The molecule has 0 radical (unpaired) electrons. The Labute approximate surface area is 92.4 Å². The molecule has 2 fully saturated rings. The third-order valence-corrected chi connectivity index (χ3v) is 3.75. The van der Waals surface area contributed by atoms with E-state index in [1.54, 1.807) is 13.8 Å². The van der Waals surface area contributed by atoms with Gasteiger partial charge in [0.15, 0.2) is 0 Å². The Kier molecular flexibility index (Phi) is 2.02. The molecule has 3 amide bonds. The van der Waals surface area contributed by atoms with Crippen molar-refractivity contribution < 1.29 is 19.5 Å². The van der Waals surface area contributed by atoms with Gasteiger partial charge in [0.1, 0.15) is 5.54 Å². The maximum atomic E-state index is 11.7. The molecule has 1 spiro atoms. The highest BCUT2D eigenvalue weighted by atomic mass is 16.4. The third-order valence-electron chi connectivity index (χ3n) is 3.75. The molecule has 0 aromatic carbocycles. The van der Waals surface area contributed by atoms with Gasteiger partial charge in [0.05, 0.1) is 5.41 Å². The van der Waals surface area contributed by atoms with Crippen molar-refractivity contribution in [1.82, 2.24) is 10.6 Å². The molecule has 1 saturated heterocycles. The first-order chi connectivity index (χ1) is 7.30. The lowest BCUT2D eigenvalue weighted by molar-refractivity contribution is -0.147. The lowest BCUT2D eigenvalue weighted by atomic mass is 9.85. The molecule has 6 heteroatoms. The van der Waals surface area contributed by atoms with E-state index in [0.29, 0.717) is 6.42 Å². The van der Waals surface area contributed by atoms with Gasteiger partial charge in [0.2, 0.25) is 0 Å². The highest BCUT2D eigenvalue weighted by molar-refractivity contribution is 6.07. The Hall–Kier alpha value is -1.59. The molecule has 0 bridgehead atoms. The van der Waals surface area contributed by atoms with Crippen molar-refractivity contribution in [2.75, 3.05) is 0 Å². The molecule has 6 nitrogen and oxygen atoms in total. The van der Waals surface area contributed by atoms with Crippen molar-refractivity contribution in [3.05, 3.63) is 0 Å². The number of nitrogens with one attached hydrogen (secondary N) is 2. The number of carbonyl (C=O) groups excluding carboxylic acids is 2. The van der Waals surface area contributed by atoms with Crippen molar-refractivity contribution in [3.63, 3.8) is 0 Å². The van der Waals surface area contributed by atoms with E-state index in [0.717, 1.165) is 0 Å². The van der Waals surface area contributed by atoms with Crippen LogP contribution in [0.5, 0.6) is 0 Å². The van der Waals surface area contributed by atoms with Crippen LogP contribution >= 0.6 is 0 Å². The van der Waals surface area contributed by atoms with Crippen LogP contribution in [-0.2, 0) is 9.59 Å². The molecule has 0 aromatic rings. The molecule has 0 unspecified atom stereocenters. The first-order valence-electron chi connectivity index (χ1n) is 5.17. The summed E-state index contributed by atoms with van der Waals surface area (Å²) >= 11 is 0. The minimum atomic E-state index is -1.04. The highest BCUT2D eigenvalue weighted by Gasteiger charge is 2.61. The number of hydrogen-bond donors (Lipinski definition) is 3. The zero-order valence-electron chi connectivity index (χ0n) is 9.16. The number of carboxylic acids is 1. The first kappa shape index (κ1) is 10.9. The molecular formula is C10H14N2O4. The summed E-state index contributed by atoms with van der Waals surface area (Å²) in [4.78, 5) is 34.0. The molecule has 1 aliphatic carbocycles. The van der Waals surface area contributed by atoms with Crippen LogP contribution in [0.3, 0.4) is 0 Å². The van der Waals surface area contributed by atoms with Crippen molar-refractivity contribution in [3.8, 4) is 0 Å². The van der Waals surface area contributed by atoms with Gasteiger partial charge in [-0.2, -0.15) is 0 Å². The van der Waals surface area contributed by atoms with Crippen LogP contribution in [0.15, 0.2) is 0 Å². The van der Waals surface area contributed by atoms with Gasteiger partial charge in [-0.3, -0.25) is 14.9 Å². The quantitative estimate of drug-likeness (QED) is 0.552. The van der Waals surface area contributed by atoms with Crippen molar-refractivity contribution in [2.24, 2.45) is 11.3 Å². The van der Waals surface area contributed by atoms with Crippen molar-refractivity contribution in [1.29, 1.82) is 0 Å². The summed E-state index contributed by atoms with van der Waals surface area (Å²) in [7, 11) is 0. The molecule has 88 valence electrons. The second-order valence-corrected chi connectivity index (χ2v) is 5.03. The zero-order valence-corrected chi connectivity index (χ0v) is 9.16. The summed E-state index contributed by atoms with van der Waals surface area (Å²) in [6.45, 7) is 3.40. The van der Waals surface area contributed by atoms with Crippen LogP contribution in [0.2, 0.25) is 0 Å². The van der Waals surface area contributed by atoms with E-state index in [4.69, 9.17) is 5.11 Å². The minimum absolute atomic E-state index is 0.147. The fourth-order valence-corrected chi connectivity index (χ4v) is 2.85. The van der Waals surface area contributed by atoms with Gasteiger partial charge >= 0.3 is 12.0 Å². The van der Waals surface area contributed by atoms with Crippen LogP contribution in [0, 0.1) is 11.3 Å². The predicted molar refractivity (Wildman–Crippen MR) is 53.5 cm³/mol. The van der Waals surface area contributed by atoms with E-state index in [1.807, 2.05) is 0 Å². The van der Waals surface area contributed by atoms with Gasteiger partial charge in [-0.1, -0.05) is 6.92 Å². The molecule has 0 aromatic heterocycles. The van der Waals surface area contributed by atoms with Crippen LogP contribution < -0.4 is 10.6 Å². The lowest BCUT2D eigenvalue weighted by Gasteiger charge is -2.25. The minimum Gasteiger partial charge on any atom is -0.481 e. The second kappa shape index (κ2) is 2.96. The summed E-state index contributed by atoms with van der Waals surface area (Å²) in [5, 5.41) is 13.9. The van der Waals surface area contributed by atoms with Gasteiger partial charge < -0.3 is 10.4 Å². The van der Waals surface area contributed by atoms with E-state index in [2.05, 4.69) is 10.6 Å². The fraction of sp³-hybridized carbons (Fsp3) is 0.700. The third kappa shape index (κ3) is 1.22. The normalized spacial score (nSPS) is 42.2. The van der Waals surface area contributed by atoms with Crippen LogP contribution in [0.25, 0.3) is 0 Å². The predicted octanol–water partition coefficient (Wildman–Crippen LogP) is 0.0854. The van der Waals surface area contributed by atoms with Gasteiger partial charge in [-0.15, -0.1) is 0 Å². The topological polar surface area (TPSA) is 95.5 Å². The monoisotopic (exact) mass is 226 g/mol. The standard InChI is InChI=1S/C10H14N2O4/c1-5-3-9(2,7(14)15)4-10(5)6(13)11-8(16)12-10/h5H,3-4H2,1-2H3,(H,14,15)(H2,11,12,13,16)/t5-,9+,10-/m1/s1. The number of hydrogen-bond acceptors (Lipinski definition) is 3. The summed E-state index contributed by atoms with van der Waals surface area (Å²) < 4.78 is 0. The van der Waals surface area contributed by atoms with E-state index < -0.39 is 28.9 Å². The Morgan fingerprint density at radius 1 is 1.50 bits per heavy atom. The van der Waals surface area contributed by atoms with E-state index in [1.165, 1.54) is 0 Å². The van der Waals surface area contributed by atoms with Crippen molar-refractivity contribution >= 4 is 17.9 Å². The Balaban J connectivity index is 2.35. The van der Waals surface area contributed by atoms with Crippen molar-refractivity contribution in [2.45, 2.75) is 32.2 Å². The van der Waals surface area contributed by atoms with Crippen LogP contribution in [0.1, 0.15) is 26.7 Å². The molecule has 16 heavy (non-hydrogen) atoms. The number of rotatable bonds is 1. The smallest absolute Gasteiger partial charge is 0.322 e. The van der Waals surface area contributed by atoms with Gasteiger partial charge in [0, 0.05) is 0 Å². The number of aliphatic carboxylic acids is 1. The van der Waals surface area contributed by atoms with E-state index in [9.17, 15) is 14.4 Å². The SMILES string of the molecule is C[C@@H]1C[C@](C)(C(=O)O)C[C@@]12NC(=O)NC2=O. The van der Waals surface area contributed by atoms with Crippen LogP contribution in [-0.4, -0.2) is 28.6 Å². The number of carboxylic acid groups (broad SMARTS) is 1. The second-order valence-electron chi connectivity index (χ2n) is 5.03. The number of urea groups is 1. The Bertz CT molecular complexity index is 394. The molecule has 3 N–H and O–H groups in total. The molecule has 1 aliphatic heterocycles. The first-order valence-corrected chi connectivity index (χ1v) is 5.17. The van der Waals surface area contributed by atoms with E-state index in [-0.39, 0.29) is 12.3 Å². The Morgan fingerprint density at radius 3 is 2.50 bits per heavy atom. The summed E-state index contributed by atoms with van der Waals surface area (Å²) in [6, 6.07) is -0.536. The molecule has 3 atom stereocenters. The summed E-state index contributed by atoms with van der Waals surface area (Å²) in [5.41, 5.74) is -1.99. The number of carbonyl (C=O) groups is 3. The molecule has 2 rings (SSSR count). The maximum absolute atomic E-state index is 11.7. The maximum Gasteiger partial charge on any atom is 0.322 e. The largest absolute Gasteiger partial charge is 0.481 e. The fourth-order valence-electron chi connectivity index (χ4n) is 2.85. The zero-order chi connectivity index (χ0) is 12.1. The number of imide groups is 1. The van der Waals surface area contributed by atoms with Crippen LogP contribution in [0.4, 0.5) is 4.79 Å². The average molecular weight is 226 g/mol. The number of amides is 3. The van der Waals surface area contributed by atoms with Gasteiger partial charge in [0.25, 0.3) is 5.91 Å². The van der Waals surface area contributed by atoms with E-state index >= 15 is 0 Å². The molecule has 1 saturated carbocycles.